The Hall–Kier alpha value is -2.82. The van der Waals surface area contributed by atoms with Crippen molar-refractivity contribution in [3.8, 4) is 0 Å². The number of aryl methyl sites for hydroxylation is 1. The molecule has 0 aromatic heterocycles. The van der Waals surface area contributed by atoms with Crippen molar-refractivity contribution in [2.45, 2.75) is 26.2 Å². The quantitative estimate of drug-likeness (QED) is 0.859. The van der Waals surface area contributed by atoms with Crippen LogP contribution in [0.3, 0.4) is 0 Å². The van der Waals surface area contributed by atoms with Crippen molar-refractivity contribution < 1.29 is 9.59 Å². The molecule has 0 unspecified atom stereocenters. The lowest BCUT2D eigenvalue weighted by molar-refractivity contribution is 0.0827. The highest BCUT2D eigenvalue weighted by atomic mass is 16.2. The molecule has 5 heteroatoms. The van der Waals surface area contributed by atoms with Crippen LogP contribution in [0.5, 0.6) is 0 Å². The van der Waals surface area contributed by atoms with Crippen molar-refractivity contribution >= 4 is 17.6 Å². The normalized spacial score (nSPS) is 11.0. The second-order valence-electron chi connectivity index (χ2n) is 7.29. The summed E-state index contributed by atoms with van der Waals surface area (Å²) in [6, 6.07) is 15.1. The van der Waals surface area contributed by atoms with E-state index >= 15 is 0 Å². The minimum absolute atomic E-state index is 0.0985. The number of carbonyl (C=O) groups is 2. The number of rotatable bonds is 5. The highest BCUT2D eigenvalue weighted by Gasteiger charge is 2.21. The first kappa shape index (κ1) is 19.5. The van der Waals surface area contributed by atoms with E-state index in [0.717, 1.165) is 11.1 Å². The summed E-state index contributed by atoms with van der Waals surface area (Å²) in [5.41, 5.74) is 3.05. The average molecular weight is 353 g/mol. The van der Waals surface area contributed by atoms with E-state index in [4.69, 9.17) is 0 Å². The summed E-state index contributed by atoms with van der Waals surface area (Å²) in [5, 5.41) is 5.77. The van der Waals surface area contributed by atoms with Crippen LogP contribution in [0.15, 0.2) is 48.5 Å². The smallest absolute Gasteiger partial charge is 0.319 e. The third-order valence-corrected chi connectivity index (χ3v) is 4.39. The monoisotopic (exact) mass is 353 g/mol. The van der Waals surface area contributed by atoms with Crippen LogP contribution in [-0.2, 0) is 5.41 Å². The lowest BCUT2D eigenvalue weighted by atomic mass is 9.85. The van der Waals surface area contributed by atoms with Gasteiger partial charge in [-0.05, 0) is 30.2 Å². The van der Waals surface area contributed by atoms with E-state index in [1.807, 2.05) is 31.2 Å². The first-order valence-corrected chi connectivity index (χ1v) is 8.63. The van der Waals surface area contributed by atoms with Crippen molar-refractivity contribution in [2.75, 3.05) is 26.0 Å². The number of hydrogen-bond acceptors (Lipinski definition) is 2. The van der Waals surface area contributed by atoms with Gasteiger partial charge < -0.3 is 15.5 Å². The summed E-state index contributed by atoms with van der Waals surface area (Å²) in [6.07, 6.45) is 0. The molecule has 0 heterocycles. The standard InChI is InChI=1S/C21H27N3O2/c1-15-11-12-16(19(25)24(4)5)13-18(15)23-20(26)22-14-21(2,3)17-9-7-6-8-10-17/h6-13H,14H2,1-5H3,(H2,22,23,26). The van der Waals surface area contributed by atoms with E-state index in [1.165, 1.54) is 4.90 Å². The zero-order valence-corrected chi connectivity index (χ0v) is 16.1. The Bertz CT molecular complexity index is 783. The van der Waals surface area contributed by atoms with E-state index in [1.54, 1.807) is 26.2 Å². The SMILES string of the molecule is Cc1ccc(C(=O)N(C)C)cc1NC(=O)NCC(C)(C)c1ccccc1. The molecule has 138 valence electrons. The molecular weight excluding hydrogens is 326 g/mol. The molecule has 0 saturated heterocycles. The molecule has 2 aromatic carbocycles. The Balaban J connectivity index is 2.04. The predicted octanol–water partition coefficient (Wildman–Crippen LogP) is 3.80. The van der Waals surface area contributed by atoms with Gasteiger partial charge in [-0.25, -0.2) is 4.79 Å². The fourth-order valence-electron chi connectivity index (χ4n) is 2.61. The molecule has 26 heavy (non-hydrogen) atoms. The summed E-state index contributed by atoms with van der Waals surface area (Å²) in [5.74, 6) is -0.0985. The number of hydrogen-bond donors (Lipinski definition) is 2. The number of benzene rings is 2. The second-order valence-corrected chi connectivity index (χ2v) is 7.29. The van der Waals surface area contributed by atoms with Crippen LogP contribution in [0.2, 0.25) is 0 Å². The highest BCUT2D eigenvalue weighted by Crippen LogP contribution is 2.22. The predicted molar refractivity (Wildman–Crippen MR) is 106 cm³/mol. The molecular formula is C21H27N3O2. The average Bonchev–Trinajstić information content (AvgIpc) is 2.62. The number of nitrogens with zero attached hydrogens (tertiary/aromatic N) is 1. The number of urea groups is 1. The van der Waals surface area contributed by atoms with Gasteiger partial charge in [-0.1, -0.05) is 50.2 Å². The summed E-state index contributed by atoms with van der Waals surface area (Å²) in [6.45, 7) is 6.57. The zero-order valence-electron chi connectivity index (χ0n) is 16.1. The fraction of sp³-hybridized carbons (Fsp3) is 0.333. The minimum Gasteiger partial charge on any atom is -0.345 e. The van der Waals surface area contributed by atoms with E-state index < -0.39 is 0 Å². The Kier molecular flexibility index (Phi) is 6.03. The maximum Gasteiger partial charge on any atom is 0.319 e. The number of carbonyl (C=O) groups excluding carboxylic acids is 2. The van der Waals surface area contributed by atoms with Crippen molar-refractivity contribution in [1.82, 2.24) is 10.2 Å². The topological polar surface area (TPSA) is 61.4 Å². The lowest BCUT2D eigenvalue weighted by Crippen LogP contribution is -2.39. The fourth-order valence-corrected chi connectivity index (χ4v) is 2.61. The van der Waals surface area contributed by atoms with Crippen LogP contribution in [0.4, 0.5) is 10.5 Å². The molecule has 2 rings (SSSR count). The van der Waals surface area contributed by atoms with Gasteiger partial charge in [0.05, 0.1) is 0 Å². The molecule has 0 bridgehead atoms. The van der Waals surface area contributed by atoms with Crippen LogP contribution in [-0.4, -0.2) is 37.5 Å². The van der Waals surface area contributed by atoms with Gasteiger partial charge >= 0.3 is 6.03 Å². The van der Waals surface area contributed by atoms with Crippen LogP contribution < -0.4 is 10.6 Å². The molecule has 0 radical (unpaired) electrons. The Morgan fingerprint density at radius 3 is 2.31 bits per heavy atom. The Morgan fingerprint density at radius 2 is 1.69 bits per heavy atom. The maximum absolute atomic E-state index is 12.3. The van der Waals surface area contributed by atoms with Gasteiger partial charge in [0.1, 0.15) is 0 Å². The molecule has 5 nitrogen and oxygen atoms in total. The number of nitrogens with one attached hydrogen (secondary N) is 2. The summed E-state index contributed by atoms with van der Waals surface area (Å²) in [4.78, 5) is 26.0. The molecule has 0 aliphatic rings. The molecule has 0 saturated carbocycles. The Labute approximate surface area is 155 Å². The largest absolute Gasteiger partial charge is 0.345 e. The van der Waals surface area contributed by atoms with E-state index in [-0.39, 0.29) is 17.4 Å². The molecule has 2 aromatic rings. The maximum atomic E-state index is 12.3. The second kappa shape index (κ2) is 8.04. The first-order valence-electron chi connectivity index (χ1n) is 8.63. The molecule has 0 atom stereocenters. The van der Waals surface area contributed by atoms with Crippen LogP contribution >= 0.6 is 0 Å². The summed E-state index contributed by atoms with van der Waals surface area (Å²) < 4.78 is 0. The lowest BCUT2D eigenvalue weighted by Gasteiger charge is -2.25. The van der Waals surface area contributed by atoms with Gasteiger partial charge in [0.25, 0.3) is 5.91 Å². The van der Waals surface area contributed by atoms with Gasteiger partial charge in [-0.3, -0.25) is 4.79 Å². The van der Waals surface area contributed by atoms with Crippen LogP contribution in [0, 0.1) is 6.92 Å². The van der Waals surface area contributed by atoms with Crippen molar-refractivity contribution in [1.29, 1.82) is 0 Å². The van der Waals surface area contributed by atoms with E-state index in [2.05, 4.69) is 36.6 Å². The van der Waals surface area contributed by atoms with Crippen molar-refractivity contribution in [2.24, 2.45) is 0 Å². The van der Waals surface area contributed by atoms with Gasteiger partial charge in [0, 0.05) is 37.3 Å². The molecule has 0 aliphatic heterocycles. The van der Waals surface area contributed by atoms with Crippen molar-refractivity contribution in [3.63, 3.8) is 0 Å². The summed E-state index contributed by atoms with van der Waals surface area (Å²) in [7, 11) is 3.40. The molecule has 0 aliphatic carbocycles. The molecule has 2 N–H and O–H groups in total. The summed E-state index contributed by atoms with van der Waals surface area (Å²) >= 11 is 0. The van der Waals surface area contributed by atoms with E-state index in [9.17, 15) is 9.59 Å². The number of amides is 3. The number of anilines is 1. The van der Waals surface area contributed by atoms with Crippen LogP contribution in [0.25, 0.3) is 0 Å². The first-order chi connectivity index (χ1) is 12.2. The van der Waals surface area contributed by atoms with Gasteiger partial charge in [0.15, 0.2) is 0 Å². The van der Waals surface area contributed by atoms with E-state index in [0.29, 0.717) is 17.8 Å². The molecule has 0 fully saturated rings. The third kappa shape index (κ3) is 4.85. The van der Waals surface area contributed by atoms with Crippen molar-refractivity contribution in [3.05, 3.63) is 65.2 Å². The van der Waals surface area contributed by atoms with Gasteiger partial charge in [0.2, 0.25) is 0 Å². The highest BCUT2D eigenvalue weighted by molar-refractivity contribution is 5.97. The Morgan fingerprint density at radius 1 is 1.04 bits per heavy atom. The van der Waals surface area contributed by atoms with Crippen LogP contribution in [0.1, 0.15) is 35.3 Å². The molecule has 0 spiro atoms. The zero-order chi connectivity index (χ0) is 19.3. The minimum atomic E-state index is -0.286. The van der Waals surface area contributed by atoms with Gasteiger partial charge in [-0.2, -0.15) is 0 Å². The van der Waals surface area contributed by atoms with Gasteiger partial charge in [-0.15, -0.1) is 0 Å². The molecule has 3 amide bonds. The third-order valence-electron chi connectivity index (χ3n) is 4.39.